The molecule has 8 heteroatoms. The topological polar surface area (TPSA) is 103 Å². The lowest BCUT2D eigenvalue weighted by Crippen LogP contribution is -2.17. The zero-order chi connectivity index (χ0) is 18.4. The van der Waals surface area contributed by atoms with Crippen LogP contribution in [0.2, 0.25) is 0 Å². The highest BCUT2D eigenvalue weighted by Crippen LogP contribution is 2.33. The third-order valence-corrected chi connectivity index (χ3v) is 3.41. The molecule has 1 amide bonds. The minimum atomic E-state index is -0.564. The number of methoxy groups -OCH3 is 2. The van der Waals surface area contributed by atoms with Crippen LogP contribution >= 0.6 is 0 Å². The molecule has 0 radical (unpaired) electrons. The minimum Gasteiger partial charge on any atom is -0.493 e. The molecule has 130 valence electrons. The summed E-state index contributed by atoms with van der Waals surface area (Å²) in [6, 6.07) is 9.59. The first-order valence-electron chi connectivity index (χ1n) is 7.26. The standard InChI is InChI=1S/C17H17N3O5/c1-11-4-6-12(7-5-11)17(21)19-18-10-13-8-15(24-2)16(25-3)9-14(13)20(22)23/h4-10H,1-3H3,(H,19,21). The summed E-state index contributed by atoms with van der Waals surface area (Å²) in [4.78, 5) is 22.6. The molecule has 1 N–H and O–H groups in total. The van der Waals surface area contributed by atoms with Gasteiger partial charge in [0, 0.05) is 5.56 Å². The number of amides is 1. The van der Waals surface area contributed by atoms with Gasteiger partial charge in [-0.15, -0.1) is 0 Å². The second-order valence-corrected chi connectivity index (χ2v) is 5.09. The van der Waals surface area contributed by atoms with E-state index in [4.69, 9.17) is 9.47 Å². The Kier molecular flexibility index (Phi) is 5.67. The van der Waals surface area contributed by atoms with Gasteiger partial charge in [0.2, 0.25) is 0 Å². The van der Waals surface area contributed by atoms with Gasteiger partial charge in [-0.1, -0.05) is 17.7 Å². The predicted molar refractivity (Wildman–Crippen MR) is 92.4 cm³/mol. The van der Waals surface area contributed by atoms with Crippen molar-refractivity contribution in [1.29, 1.82) is 0 Å². The van der Waals surface area contributed by atoms with Gasteiger partial charge >= 0.3 is 0 Å². The van der Waals surface area contributed by atoms with Crippen molar-refractivity contribution in [3.05, 3.63) is 63.2 Å². The van der Waals surface area contributed by atoms with Crippen LogP contribution < -0.4 is 14.9 Å². The van der Waals surface area contributed by atoms with Gasteiger partial charge in [0.1, 0.15) is 0 Å². The number of carbonyl (C=O) groups is 1. The summed E-state index contributed by atoms with van der Waals surface area (Å²) in [6.45, 7) is 1.91. The van der Waals surface area contributed by atoms with Gasteiger partial charge in [-0.05, 0) is 25.1 Å². The molecule has 0 aliphatic heterocycles. The summed E-state index contributed by atoms with van der Waals surface area (Å²) in [5.41, 5.74) is 3.75. The number of nitro benzene ring substituents is 1. The quantitative estimate of drug-likeness (QED) is 0.493. The van der Waals surface area contributed by atoms with Crippen molar-refractivity contribution in [3.8, 4) is 11.5 Å². The predicted octanol–water partition coefficient (Wildman–Crippen LogP) is 2.68. The van der Waals surface area contributed by atoms with Crippen molar-refractivity contribution >= 4 is 17.8 Å². The molecule has 0 aromatic heterocycles. The van der Waals surface area contributed by atoms with Gasteiger partial charge in [0.25, 0.3) is 11.6 Å². The van der Waals surface area contributed by atoms with Gasteiger partial charge in [-0.25, -0.2) is 5.43 Å². The van der Waals surface area contributed by atoms with Crippen LogP contribution in [0.1, 0.15) is 21.5 Å². The summed E-state index contributed by atoms with van der Waals surface area (Å²) in [7, 11) is 2.81. The number of nitrogens with one attached hydrogen (secondary N) is 1. The molecule has 0 unspecified atom stereocenters. The number of rotatable bonds is 6. The molecule has 0 aliphatic carbocycles. The van der Waals surface area contributed by atoms with Gasteiger partial charge in [-0.2, -0.15) is 5.10 Å². The Bertz CT molecular complexity index is 816. The van der Waals surface area contributed by atoms with E-state index < -0.39 is 10.8 Å². The van der Waals surface area contributed by atoms with E-state index in [9.17, 15) is 14.9 Å². The van der Waals surface area contributed by atoms with Gasteiger partial charge in [-0.3, -0.25) is 14.9 Å². The van der Waals surface area contributed by atoms with E-state index in [1.807, 2.05) is 6.92 Å². The molecule has 2 rings (SSSR count). The summed E-state index contributed by atoms with van der Waals surface area (Å²) in [5.74, 6) is 0.133. The fraction of sp³-hybridized carbons (Fsp3) is 0.176. The number of aryl methyl sites for hydroxylation is 1. The number of hydrazone groups is 1. The van der Waals surface area contributed by atoms with E-state index in [0.717, 1.165) is 5.56 Å². The van der Waals surface area contributed by atoms with Gasteiger partial charge in [0.05, 0.1) is 37.0 Å². The van der Waals surface area contributed by atoms with E-state index in [1.54, 1.807) is 24.3 Å². The normalized spacial score (nSPS) is 10.5. The lowest BCUT2D eigenvalue weighted by Gasteiger charge is -2.08. The first-order valence-corrected chi connectivity index (χ1v) is 7.26. The zero-order valence-corrected chi connectivity index (χ0v) is 14.0. The Morgan fingerprint density at radius 2 is 1.76 bits per heavy atom. The SMILES string of the molecule is COc1cc(C=NNC(=O)c2ccc(C)cc2)c([N+](=O)[O-])cc1OC. The van der Waals surface area contributed by atoms with Crippen molar-refractivity contribution < 1.29 is 19.2 Å². The van der Waals surface area contributed by atoms with E-state index in [-0.39, 0.29) is 17.0 Å². The van der Waals surface area contributed by atoms with E-state index in [2.05, 4.69) is 10.5 Å². The number of nitrogens with zero attached hydrogens (tertiary/aromatic N) is 2. The Balaban J connectivity index is 2.23. The first kappa shape index (κ1) is 17.9. The Hall–Kier alpha value is -3.42. The van der Waals surface area contributed by atoms with Crippen LogP contribution in [0.5, 0.6) is 11.5 Å². The fourth-order valence-electron chi connectivity index (χ4n) is 2.08. The Morgan fingerprint density at radius 1 is 1.16 bits per heavy atom. The Morgan fingerprint density at radius 3 is 2.32 bits per heavy atom. The number of benzene rings is 2. The lowest BCUT2D eigenvalue weighted by atomic mass is 10.1. The lowest BCUT2D eigenvalue weighted by molar-refractivity contribution is -0.385. The summed E-state index contributed by atoms with van der Waals surface area (Å²) < 4.78 is 10.2. The monoisotopic (exact) mass is 343 g/mol. The average Bonchev–Trinajstić information content (AvgIpc) is 2.61. The molecule has 0 heterocycles. The van der Waals surface area contributed by atoms with Gasteiger partial charge < -0.3 is 9.47 Å². The highest BCUT2D eigenvalue weighted by Gasteiger charge is 2.18. The molecule has 0 fully saturated rings. The van der Waals surface area contributed by atoms with Crippen molar-refractivity contribution in [2.24, 2.45) is 5.10 Å². The third-order valence-electron chi connectivity index (χ3n) is 3.41. The molecule has 2 aromatic carbocycles. The van der Waals surface area contributed by atoms with E-state index in [0.29, 0.717) is 11.3 Å². The number of ether oxygens (including phenoxy) is 2. The Labute approximate surface area is 144 Å². The number of hydrogen-bond donors (Lipinski definition) is 1. The van der Waals surface area contributed by atoms with Crippen molar-refractivity contribution in [1.82, 2.24) is 5.43 Å². The largest absolute Gasteiger partial charge is 0.493 e. The maximum atomic E-state index is 12.0. The van der Waals surface area contributed by atoms with E-state index in [1.165, 1.54) is 32.6 Å². The van der Waals surface area contributed by atoms with Crippen LogP contribution in [0.4, 0.5) is 5.69 Å². The molecule has 0 saturated carbocycles. The van der Waals surface area contributed by atoms with Crippen LogP contribution in [0.3, 0.4) is 0 Å². The second kappa shape index (κ2) is 7.91. The van der Waals surface area contributed by atoms with Crippen molar-refractivity contribution in [2.45, 2.75) is 6.92 Å². The van der Waals surface area contributed by atoms with Crippen molar-refractivity contribution in [3.63, 3.8) is 0 Å². The molecule has 0 saturated heterocycles. The first-order chi connectivity index (χ1) is 12.0. The molecule has 0 atom stereocenters. The number of carbonyl (C=O) groups excluding carboxylic acids is 1. The molecular weight excluding hydrogens is 326 g/mol. The average molecular weight is 343 g/mol. The van der Waals surface area contributed by atoms with E-state index >= 15 is 0 Å². The minimum absolute atomic E-state index is 0.173. The smallest absolute Gasteiger partial charge is 0.282 e. The molecule has 25 heavy (non-hydrogen) atoms. The highest BCUT2D eigenvalue weighted by molar-refractivity contribution is 5.95. The number of nitro groups is 1. The molecule has 2 aromatic rings. The van der Waals surface area contributed by atoms with Crippen LogP contribution in [-0.2, 0) is 0 Å². The molecule has 0 spiro atoms. The van der Waals surface area contributed by atoms with Gasteiger partial charge in [0.15, 0.2) is 11.5 Å². The van der Waals surface area contributed by atoms with Crippen LogP contribution in [0, 0.1) is 17.0 Å². The van der Waals surface area contributed by atoms with Crippen LogP contribution in [-0.4, -0.2) is 31.3 Å². The molecular formula is C17H17N3O5. The third kappa shape index (κ3) is 4.31. The highest BCUT2D eigenvalue weighted by atomic mass is 16.6. The zero-order valence-electron chi connectivity index (χ0n) is 14.0. The summed E-state index contributed by atoms with van der Waals surface area (Å²) in [5, 5.41) is 15.0. The molecule has 0 aliphatic rings. The second-order valence-electron chi connectivity index (χ2n) is 5.09. The summed E-state index contributed by atoms with van der Waals surface area (Å²) >= 11 is 0. The van der Waals surface area contributed by atoms with Crippen LogP contribution in [0.15, 0.2) is 41.5 Å². The van der Waals surface area contributed by atoms with Crippen molar-refractivity contribution in [2.75, 3.05) is 14.2 Å². The maximum absolute atomic E-state index is 12.0. The number of hydrogen-bond acceptors (Lipinski definition) is 6. The summed E-state index contributed by atoms with van der Waals surface area (Å²) in [6.07, 6.45) is 1.19. The maximum Gasteiger partial charge on any atom is 0.282 e. The molecule has 8 nitrogen and oxygen atoms in total. The fourth-order valence-corrected chi connectivity index (χ4v) is 2.08. The molecule has 0 bridgehead atoms. The van der Waals surface area contributed by atoms with Crippen LogP contribution in [0.25, 0.3) is 0 Å².